The number of aromatic carboxylic acids is 1. The number of carbonyl (C=O) groups is 2. The average molecular weight is 336 g/mol. The molecule has 1 N–H and O–H groups in total. The molecule has 6 nitrogen and oxygen atoms in total. The van der Waals surface area contributed by atoms with E-state index in [0.29, 0.717) is 29.5 Å². The standard InChI is InChI=1S/C16H18ClN3O3/c1-4-20-14(17)13(10(2)18-20)15(21)19(3)9-11-5-7-12(8-6-11)16(22)23/h5-8H,4,9H2,1-3H3,(H,22,23). The van der Waals surface area contributed by atoms with Crippen LogP contribution in [0.4, 0.5) is 0 Å². The number of carboxylic acid groups (broad SMARTS) is 1. The molecule has 1 amide bonds. The molecule has 1 heterocycles. The zero-order chi connectivity index (χ0) is 17.1. The number of aryl methyl sites for hydroxylation is 2. The molecule has 2 rings (SSSR count). The second kappa shape index (κ2) is 6.83. The minimum atomic E-state index is -0.977. The van der Waals surface area contributed by atoms with Crippen LogP contribution in [0.5, 0.6) is 0 Å². The van der Waals surface area contributed by atoms with Crippen molar-refractivity contribution in [3.05, 3.63) is 51.8 Å². The first-order valence-electron chi connectivity index (χ1n) is 7.15. The Morgan fingerprint density at radius 2 is 1.91 bits per heavy atom. The molecule has 0 atom stereocenters. The third-order valence-electron chi connectivity index (χ3n) is 3.55. The Morgan fingerprint density at radius 1 is 1.30 bits per heavy atom. The topological polar surface area (TPSA) is 75.4 Å². The van der Waals surface area contributed by atoms with E-state index >= 15 is 0 Å². The van der Waals surface area contributed by atoms with Crippen molar-refractivity contribution in [3.8, 4) is 0 Å². The zero-order valence-corrected chi connectivity index (χ0v) is 14.0. The summed E-state index contributed by atoms with van der Waals surface area (Å²) < 4.78 is 1.58. The van der Waals surface area contributed by atoms with Crippen LogP contribution in [-0.2, 0) is 13.1 Å². The van der Waals surface area contributed by atoms with Gasteiger partial charge in [0, 0.05) is 20.1 Å². The van der Waals surface area contributed by atoms with Gasteiger partial charge in [-0.05, 0) is 31.5 Å². The lowest BCUT2D eigenvalue weighted by Gasteiger charge is -2.17. The predicted molar refractivity (Wildman–Crippen MR) is 86.8 cm³/mol. The van der Waals surface area contributed by atoms with E-state index in [1.165, 1.54) is 17.0 Å². The van der Waals surface area contributed by atoms with Gasteiger partial charge in [0.25, 0.3) is 5.91 Å². The van der Waals surface area contributed by atoms with Gasteiger partial charge in [0.05, 0.1) is 16.8 Å². The van der Waals surface area contributed by atoms with E-state index in [0.717, 1.165) is 5.56 Å². The van der Waals surface area contributed by atoms with Gasteiger partial charge < -0.3 is 10.0 Å². The van der Waals surface area contributed by atoms with Crippen LogP contribution in [0.15, 0.2) is 24.3 Å². The summed E-state index contributed by atoms with van der Waals surface area (Å²) in [4.78, 5) is 25.0. The largest absolute Gasteiger partial charge is 0.478 e. The van der Waals surface area contributed by atoms with Crippen LogP contribution >= 0.6 is 11.6 Å². The Balaban J connectivity index is 2.17. The molecule has 0 aliphatic heterocycles. The quantitative estimate of drug-likeness (QED) is 0.911. The minimum absolute atomic E-state index is 0.213. The predicted octanol–water partition coefficient (Wildman–Crippen LogP) is 2.84. The molecule has 122 valence electrons. The van der Waals surface area contributed by atoms with E-state index in [9.17, 15) is 9.59 Å². The average Bonchev–Trinajstić information content (AvgIpc) is 2.81. The number of halogens is 1. The van der Waals surface area contributed by atoms with E-state index in [-0.39, 0.29) is 11.5 Å². The number of rotatable bonds is 5. The van der Waals surface area contributed by atoms with Crippen LogP contribution in [0.25, 0.3) is 0 Å². The lowest BCUT2D eigenvalue weighted by molar-refractivity contribution is 0.0695. The first-order valence-corrected chi connectivity index (χ1v) is 7.53. The molecule has 0 saturated carbocycles. The molecule has 0 aliphatic rings. The van der Waals surface area contributed by atoms with Crippen molar-refractivity contribution in [1.29, 1.82) is 0 Å². The minimum Gasteiger partial charge on any atom is -0.478 e. The van der Waals surface area contributed by atoms with Gasteiger partial charge >= 0.3 is 5.97 Å². The van der Waals surface area contributed by atoms with Crippen molar-refractivity contribution in [3.63, 3.8) is 0 Å². The van der Waals surface area contributed by atoms with E-state index < -0.39 is 5.97 Å². The van der Waals surface area contributed by atoms with Crippen molar-refractivity contribution in [2.75, 3.05) is 7.05 Å². The molecule has 1 aromatic heterocycles. The maximum Gasteiger partial charge on any atom is 0.335 e. The van der Waals surface area contributed by atoms with Gasteiger partial charge in [-0.1, -0.05) is 23.7 Å². The number of nitrogens with zero attached hydrogens (tertiary/aromatic N) is 3. The summed E-state index contributed by atoms with van der Waals surface area (Å²) in [5.74, 6) is -1.19. The summed E-state index contributed by atoms with van der Waals surface area (Å²) in [5, 5.41) is 13.5. The van der Waals surface area contributed by atoms with Crippen molar-refractivity contribution in [1.82, 2.24) is 14.7 Å². The summed E-state index contributed by atoms with van der Waals surface area (Å²) in [6, 6.07) is 6.42. The number of hydrogen-bond acceptors (Lipinski definition) is 3. The maximum absolute atomic E-state index is 12.6. The smallest absolute Gasteiger partial charge is 0.335 e. The number of hydrogen-bond donors (Lipinski definition) is 1. The summed E-state index contributed by atoms with van der Waals surface area (Å²) in [7, 11) is 1.67. The monoisotopic (exact) mass is 335 g/mol. The van der Waals surface area contributed by atoms with Crippen LogP contribution < -0.4 is 0 Å². The van der Waals surface area contributed by atoms with Crippen molar-refractivity contribution < 1.29 is 14.7 Å². The maximum atomic E-state index is 12.6. The molecule has 23 heavy (non-hydrogen) atoms. The number of amides is 1. The van der Waals surface area contributed by atoms with Gasteiger partial charge in [0.1, 0.15) is 5.15 Å². The van der Waals surface area contributed by atoms with Crippen molar-refractivity contribution in [2.24, 2.45) is 0 Å². The number of benzene rings is 1. The van der Waals surface area contributed by atoms with E-state index in [1.54, 1.807) is 30.8 Å². The molecular weight excluding hydrogens is 318 g/mol. The Hall–Kier alpha value is -2.34. The number of aromatic nitrogens is 2. The van der Waals surface area contributed by atoms with E-state index in [4.69, 9.17) is 16.7 Å². The number of carbonyl (C=O) groups excluding carboxylic acids is 1. The Morgan fingerprint density at radius 3 is 2.39 bits per heavy atom. The molecule has 1 aromatic carbocycles. The first-order chi connectivity index (χ1) is 10.8. The van der Waals surface area contributed by atoms with E-state index in [1.807, 2.05) is 6.92 Å². The third-order valence-corrected chi connectivity index (χ3v) is 3.93. The fraction of sp³-hybridized carbons (Fsp3) is 0.312. The highest BCUT2D eigenvalue weighted by molar-refractivity contribution is 6.33. The Bertz CT molecular complexity index is 738. The fourth-order valence-electron chi connectivity index (χ4n) is 2.30. The fourth-order valence-corrected chi connectivity index (χ4v) is 2.67. The molecule has 2 aromatic rings. The summed E-state index contributed by atoms with van der Waals surface area (Å²) in [6.07, 6.45) is 0. The van der Waals surface area contributed by atoms with Gasteiger partial charge in [0.2, 0.25) is 0 Å². The summed E-state index contributed by atoms with van der Waals surface area (Å²) >= 11 is 6.21. The zero-order valence-electron chi connectivity index (χ0n) is 13.2. The SMILES string of the molecule is CCn1nc(C)c(C(=O)N(C)Cc2ccc(C(=O)O)cc2)c1Cl. The molecular formula is C16H18ClN3O3. The van der Waals surface area contributed by atoms with Crippen LogP contribution in [0.1, 0.15) is 38.9 Å². The van der Waals surface area contributed by atoms with Crippen molar-refractivity contribution >= 4 is 23.5 Å². The highest BCUT2D eigenvalue weighted by atomic mass is 35.5. The molecule has 0 saturated heterocycles. The van der Waals surface area contributed by atoms with Crippen molar-refractivity contribution in [2.45, 2.75) is 26.9 Å². The Labute approximate surface area is 139 Å². The van der Waals surface area contributed by atoms with Gasteiger partial charge in [-0.15, -0.1) is 0 Å². The molecule has 0 fully saturated rings. The highest BCUT2D eigenvalue weighted by Gasteiger charge is 2.22. The molecule has 0 spiro atoms. The summed E-state index contributed by atoms with van der Waals surface area (Å²) in [6.45, 7) is 4.60. The third kappa shape index (κ3) is 3.53. The van der Waals surface area contributed by atoms with E-state index in [2.05, 4.69) is 5.10 Å². The highest BCUT2D eigenvalue weighted by Crippen LogP contribution is 2.22. The number of carboxylic acids is 1. The second-order valence-electron chi connectivity index (χ2n) is 5.23. The Kier molecular flexibility index (Phi) is 5.05. The van der Waals surface area contributed by atoms with Crippen LogP contribution in [0, 0.1) is 6.92 Å². The van der Waals surface area contributed by atoms with Crippen LogP contribution in [0.3, 0.4) is 0 Å². The lowest BCUT2D eigenvalue weighted by atomic mass is 10.1. The first kappa shape index (κ1) is 17.0. The van der Waals surface area contributed by atoms with Gasteiger partial charge in [-0.2, -0.15) is 5.10 Å². The second-order valence-corrected chi connectivity index (χ2v) is 5.59. The van der Waals surface area contributed by atoms with Gasteiger partial charge in [-0.3, -0.25) is 9.48 Å². The summed E-state index contributed by atoms with van der Waals surface area (Å²) in [5.41, 5.74) is 2.04. The van der Waals surface area contributed by atoms with Gasteiger partial charge in [-0.25, -0.2) is 4.79 Å². The van der Waals surface area contributed by atoms with Crippen LogP contribution in [-0.4, -0.2) is 38.7 Å². The lowest BCUT2D eigenvalue weighted by Crippen LogP contribution is -2.26. The molecule has 0 bridgehead atoms. The normalized spacial score (nSPS) is 10.6. The molecule has 7 heteroatoms. The molecule has 0 radical (unpaired) electrons. The molecule has 0 aliphatic carbocycles. The van der Waals surface area contributed by atoms with Crippen LogP contribution in [0.2, 0.25) is 5.15 Å². The molecule has 0 unspecified atom stereocenters. The van der Waals surface area contributed by atoms with Gasteiger partial charge in [0.15, 0.2) is 0 Å².